The molecule has 2 amide bonds. The largest absolute Gasteiger partial charge is 0.391 e. The number of nitrogens with one attached hydrogen (secondary N) is 1. The lowest BCUT2D eigenvalue weighted by Crippen LogP contribution is -2.49. The maximum atomic E-state index is 12.9. The first kappa shape index (κ1) is 16.6. The van der Waals surface area contributed by atoms with Gasteiger partial charge in [-0.25, -0.2) is 0 Å². The Kier molecular flexibility index (Phi) is 4.56. The summed E-state index contributed by atoms with van der Waals surface area (Å²) in [7, 11) is 0. The van der Waals surface area contributed by atoms with Crippen molar-refractivity contribution in [2.75, 3.05) is 6.54 Å². The normalized spacial score (nSPS) is 32.0. The van der Waals surface area contributed by atoms with E-state index in [2.05, 4.69) is 5.32 Å². The van der Waals surface area contributed by atoms with Crippen LogP contribution in [0.4, 0.5) is 13.2 Å². The monoisotopic (exact) mass is 332 g/mol. The Labute approximate surface area is 133 Å². The van der Waals surface area contributed by atoms with Gasteiger partial charge in [-0.3, -0.25) is 9.59 Å². The predicted octanol–water partition coefficient (Wildman–Crippen LogP) is 2.62. The molecule has 7 heteroatoms. The summed E-state index contributed by atoms with van der Waals surface area (Å²) in [6, 6.07) is -0.265. The molecule has 130 valence electrons. The molecule has 0 bridgehead atoms. The summed E-state index contributed by atoms with van der Waals surface area (Å²) in [5, 5.41) is 2.90. The molecule has 2 aliphatic carbocycles. The van der Waals surface area contributed by atoms with Gasteiger partial charge in [-0.15, -0.1) is 0 Å². The summed E-state index contributed by atoms with van der Waals surface area (Å²) in [5.41, 5.74) is 0. The molecule has 3 fully saturated rings. The van der Waals surface area contributed by atoms with Crippen molar-refractivity contribution in [2.24, 2.45) is 11.8 Å². The second-order valence-electron chi connectivity index (χ2n) is 7.07. The number of nitrogens with zero attached hydrogens (tertiary/aromatic N) is 1. The van der Waals surface area contributed by atoms with Gasteiger partial charge in [-0.1, -0.05) is 6.42 Å². The highest BCUT2D eigenvalue weighted by molar-refractivity contribution is 5.89. The molecule has 0 spiro atoms. The van der Waals surface area contributed by atoms with Gasteiger partial charge < -0.3 is 10.2 Å². The van der Waals surface area contributed by atoms with Crippen LogP contribution in [0.2, 0.25) is 0 Å². The summed E-state index contributed by atoms with van der Waals surface area (Å²) < 4.78 is 38.8. The topological polar surface area (TPSA) is 49.4 Å². The van der Waals surface area contributed by atoms with E-state index in [9.17, 15) is 22.8 Å². The van der Waals surface area contributed by atoms with E-state index in [1.165, 1.54) is 4.90 Å². The van der Waals surface area contributed by atoms with Crippen molar-refractivity contribution in [3.8, 4) is 0 Å². The molecule has 23 heavy (non-hydrogen) atoms. The lowest BCUT2D eigenvalue weighted by Gasteiger charge is -2.33. The maximum absolute atomic E-state index is 12.9. The van der Waals surface area contributed by atoms with Gasteiger partial charge in [-0.05, 0) is 44.9 Å². The minimum atomic E-state index is -4.23. The van der Waals surface area contributed by atoms with Crippen LogP contribution in [0.1, 0.15) is 51.4 Å². The van der Waals surface area contributed by atoms with Crippen LogP contribution in [-0.4, -0.2) is 41.5 Å². The van der Waals surface area contributed by atoms with E-state index in [0.717, 1.165) is 19.3 Å². The van der Waals surface area contributed by atoms with Crippen LogP contribution in [0.25, 0.3) is 0 Å². The second kappa shape index (κ2) is 6.32. The predicted molar refractivity (Wildman–Crippen MR) is 77.4 cm³/mol. The van der Waals surface area contributed by atoms with Crippen LogP contribution < -0.4 is 5.32 Å². The molecule has 1 aliphatic heterocycles. The lowest BCUT2D eigenvalue weighted by atomic mass is 9.80. The standard InChI is InChI=1S/C16H23F3N2O2/c17-16(18,19)11-4-1-3-10(9-11)15(23)21-8-2-5-13(21)14(22)20-12-6-7-12/h10-13H,1-9H2,(H,20,22)/t10-,11+,13-/m0/s1. The first-order valence-corrected chi connectivity index (χ1v) is 8.54. The molecule has 0 unspecified atom stereocenters. The van der Waals surface area contributed by atoms with E-state index in [1.54, 1.807) is 0 Å². The Morgan fingerprint density at radius 3 is 2.39 bits per heavy atom. The molecular formula is C16H23F3N2O2. The molecule has 0 aromatic carbocycles. The van der Waals surface area contributed by atoms with Gasteiger partial charge >= 0.3 is 6.18 Å². The Hall–Kier alpha value is -1.27. The van der Waals surface area contributed by atoms with Crippen LogP contribution >= 0.6 is 0 Å². The molecule has 0 aromatic heterocycles. The van der Waals surface area contributed by atoms with Crippen LogP contribution in [0, 0.1) is 11.8 Å². The third kappa shape index (κ3) is 3.80. The summed E-state index contributed by atoms with van der Waals surface area (Å²) in [4.78, 5) is 26.4. The van der Waals surface area contributed by atoms with Crippen LogP contribution in [-0.2, 0) is 9.59 Å². The fraction of sp³-hybridized carbons (Fsp3) is 0.875. The molecule has 3 aliphatic rings. The van der Waals surface area contributed by atoms with Gasteiger partial charge in [0.25, 0.3) is 0 Å². The van der Waals surface area contributed by atoms with Crippen molar-refractivity contribution in [2.45, 2.75) is 69.6 Å². The fourth-order valence-electron chi connectivity index (χ4n) is 3.77. The number of halogens is 3. The molecule has 0 aromatic rings. The zero-order valence-electron chi connectivity index (χ0n) is 13.1. The summed E-state index contributed by atoms with van der Waals surface area (Å²) in [5.74, 6) is -2.37. The van der Waals surface area contributed by atoms with Crippen molar-refractivity contribution in [1.82, 2.24) is 10.2 Å². The van der Waals surface area contributed by atoms with Crippen molar-refractivity contribution in [3.05, 3.63) is 0 Å². The summed E-state index contributed by atoms with van der Waals surface area (Å²) in [6.45, 7) is 0.481. The molecule has 2 saturated carbocycles. The molecule has 0 radical (unpaired) electrons. The minimum absolute atomic E-state index is 0.110. The summed E-state index contributed by atoms with van der Waals surface area (Å²) in [6.07, 6.45) is -0.0260. The average Bonchev–Trinajstić information content (AvgIpc) is 3.18. The highest BCUT2D eigenvalue weighted by Gasteiger charge is 2.46. The van der Waals surface area contributed by atoms with Crippen molar-refractivity contribution in [3.63, 3.8) is 0 Å². The van der Waals surface area contributed by atoms with E-state index in [1.807, 2.05) is 0 Å². The van der Waals surface area contributed by atoms with Gasteiger partial charge in [0.1, 0.15) is 6.04 Å². The van der Waals surface area contributed by atoms with Crippen LogP contribution in [0.15, 0.2) is 0 Å². The zero-order valence-corrected chi connectivity index (χ0v) is 13.1. The van der Waals surface area contributed by atoms with Crippen molar-refractivity contribution < 1.29 is 22.8 Å². The Morgan fingerprint density at radius 1 is 1.00 bits per heavy atom. The quantitative estimate of drug-likeness (QED) is 0.864. The Morgan fingerprint density at radius 2 is 1.74 bits per heavy atom. The average molecular weight is 332 g/mol. The van der Waals surface area contributed by atoms with E-state index < -0.39 is 24.1 Å². The number of likely N-dealkylation sites (tertiary alicyclic amines) is 1. The maximum Gasteiger partial charge on any atom is 0.391 e. The highest BCUT2D eigenvalue weighted by atomic mass is 19.4. The van der Waals surface area contributed by atoms with Gasteiger partial charge in [0.05, 0.1) is 5.92 Å². The number of alkyl halides is 3. The van der Waals surface area contributed by atoms with E-state index in [-0.39, 0.29) is 30.7 Å². The Bertz CT molecular complexity index is 476. The lowest BCUT2D eigenvalue weighted by molar-refractivity contribution is -0.187. The van der Waals surface area contributed by atoms with Gasteiger partial charge in [0.15, 0.2) is 0 Å². The van der Waals surface area contributed by atoms with Crippen LogP contribution in [0.3, 0.4) is 0 Å². The number of rotatable bonds is 3. The molecule has 1 N–H and O–H groups in total. The molecule has 3 atom stereocenters. The number of hydrogen-bond acceptors (Lipinski definition) is 2. The number of amides is 2. The first-order chi connectivity index (χ1) is 10.9. The second-order valence-corrected chi connectivity index (χ2v) is 7.07. The molecule has 1 saturated heterocycles. The highest BCUT2D eigenvalue weighted by Crippen LogP contribution is 2.41. The van der Waals surface area contributed by atoms with Crippen molar-refractivity contribution in [1.29, 1.82) is 0 Å². The molecule has 1 heterocycles. The van der Waals surface area contributed by atoms with Crippen LogP contribution in [0.5, 0.6) is 0 Å². The van der Waals surface area contributed by atoms with E-state index in [0.29, 0.717) is 25.8 Å². The Balaban J connectivity index is 1.62. The molecule has 3 rings (SSSR count). The third-order valence-corrected chi connectivity index (χ3v) is 5.25. The van der Waals surface area contributed by atoms with Gasteiger partial charge in [0, 0.05) is 18.5 Å². The number of hydrogen-bond donors (Lipinski definition) is 1. The molecule has 4 nitrogen and oxygen atoms in total. The number of carbonyl (C=O) groups excluding carboxylic acids is 2. The van der Waals surface area contributed by atoms with E-state index in [4.69, 9.17) is 0 Å². The number of carbonyl (C=O) groups is 2. The van der Waals surface area contributed by atoms with E-state index >= 15 is 0 Å². The third-order valence-electron chi connectivity index (χ3n) is 5.25. The molecular weight excluding hydrogens is 309 g/mol. The first-order valence-electron chi connectivity index (χ1n) is 8.54. The summed E-state index contributed by atoms with van der Waals surface area (Å²) >= 11 is 0. The fourth-order valence-corrected chi connectivity index (χ4v) is 3.77. The van der Waals surface area contributed by atoms with Gasteiger partial charge in [-0.2, -0.15) is 13.2 Å². The van der Waals surface area contributed by atoms with Crippen molar-refractivity contribution >= 4 is 11.8 Å². The zero-order chi connectivity index (χ0) is 16.6. The SMILES string of the molecule is O=C(NC1CC1)[C@@H]1CCCN1C(=O)[C@H]1CCC[C@@H](C(F)(F)F)C1. The minimum Gasteiger partial charge on any atom is -0.352 e. The van der Waals surface area contributed by atoms with Gasteiger partial charge in [0.2, 0.25) is 11.8 Å². The smallest absolute Gasteiger partial charge is 0.352 e.